The molecule has 0 aromatic carbocycles. The number of aromatic nitrogens is 1. The number of hydrogen-bond acceptors (Lipinski definition) is 1. The lowest BCUT2D eigenvalue weighted by Crippen LogP contribution is -2.36. The van der Waals surface area contributed by atoms with Gasteiger partial charge in [0.2, 0.25) is 0 Å². The van der Waals surface area contributed by atoms with E-state index in [1.54, 1.807) is 0 Å². The first-order chi connectivity index (χ1) is 10.7. The fourth-order valence-electron chi connectivity index (χ4n) is 2.73. The van der Waals surface area contributed by atoms with Gasteiger partial charge in [-0.2, -0.15) is 0 Å². The number of aryl methyl sites for hydroxylation is 1. The van der Waals surface area contributed by atoms with Gasteiger partial charge in [-0.25, -0.2) is 4.57 Å². The molecule has 124 valence electrons. The van der Waals surface area contributed by atoms with Crippen LogP contribution in [0.4, 0.5) is 0 Å². The molecule has 0 bridgehead atoms. The van der Waals surface area contributed by atoms with Crippen LogP contribution < -0.4 is 4.57 Å². The summed E-state index contributed by atoms with van der Waals surface area (Å²) in [5.74, 6) is 0.138. The van der Waals surface area contributed by atoms with E-state index in [-0.39, 0.29) is 5.91 Å². The zero-order valence-electron chi connectivity index (χ0n) is 14.7. The third-order valence-electron chi connectivity index (χ3n) is 4.18. The summed E-state index contributed by atoms with van der Waals surface area (Å²) in [6.45, 7) is 8.84. The first-order valence-corrected chi connectivity index (χ1v) is 9.01. The Bertz CT molecular complexity index is 427. The van der Waals surface area contributed by atoms with E-state index in [2.05, 4.69) is 17.7 Å². The molecule has 1 amide bonds. The molecule has 22 heavy (non-hydrogen) atoms. The number of amides is 1. The predicted molar refractivity (Wildman–Crippen MR) is 91.9 cm³/mol. The number of nitrogens with zero attached hydrogens (tertiary/aromatic N) is 2. The first-order valence-electron chi connectivity index (χ1n) is 9.01. The summed E-state index contributed by atoms with van der Waals surface area (Å²) in [6, 6.07) is 3.90. The highest BCUT2D eigenvalue weighted by molar-refractivity contribution is 5.93. The van der Waals surface area contributed by atoms with Gasteiger partial charge in [-0.1, -0.05) is 39.0 Å². The number of carbonyl (C=O) groups excluding carboxylic acids is 1. The Morgan fingerprint density at radius 2 is 1.64 bits per heavy atom. The van der Waals surface area contributed by atoms with Gasteiger partial charge in [0.05, 0.1) is 0 Å². The van der Waals surface area contributed by atoms with E-state index in [4.69, 9.17) is 0 Å². The number of carbonyl (C=O) groups is 1. The second-order valence-corrected chi connectivity index (χ2v) is 5.93. The average molecular weight is 305 g/mol. The van der Waals surface area contributed by atoms with E-state index in [9.17, 15) is 4.79 Å². The predicted octanol–water partition coefficient (Wildman–Crippen LogP) is 4.21. The Kier molecular flexibility index (Phi) is 9.52. The quantitative estimate of drug-likeness (QED) is 0.444. The number of pyridine rings is 1. The molecule has 0 fully saturated rings. The minimum Gasteiger partial charge on any atom is -0.339 e. The summed E-state index contributed by atoms with van der Waals surface area (Å²) in [7, 11) is 0. The monoisotopic (exact) mass is 305 g/mol. The van der Waals surface area contributed by atoms with Crippen molar-refractivity contribution in [1.29, 1.82) is 0 Å². The van der Waals surface area contributed by atoms with Crippen LogP contribution in [0.15, 0.2) is 24.5 Å². The lowest BCUT2D eigenvalue weighted by atomic mass is 10.1. The molecule has 3 heteroatoms. The highest BCUT2D eigenvalue weighted by Crippen LogP contribution is 2.07. The fraction of sp³-hybridized carbons (Fsp3) is 0.684. The van der Waals surface area contributed by atoms with Crippen LogP contribution in [0.3, 0.4) is 0 Å². The summed E-state index contributed by atoms with van der Waals surface area (Å²) >= 11 is 0. The smallest absolute Gasteiger partial charge is 0.259 e. The standard InChI is InChI=1S/C19H33N2O/c1-4-7-8-9-10-11-12-15-20-16-13-14-18(17-20)19(22)21(5-2)6-3/h13-14,16-17H,4-12,15H2,1-3H3/q+1. The zero-order valence-corrected chi connectivity index (χ0v) is 14.7. The van der Waals surface area contributed by atoms with Gasteiger partial charge in [0, 0.05) is 25.6 Å². The van der Waals surface area contributed by atoms with Gasteiger partial charge < -0.3 is 4.90 Å². The normalized spacial score (nSPS) is 10.7. The average Bonchev–Trinajstić information content (AvgIpc) is 2.55. The van der Waals surface area contributed by atoms with Crippen LogP contribution in [0.1, 0.15) is 76.1 Å². The van der Waals surface area contributed by atoms with Crippen LogP contribution in [0.5, 0.6) is 0 Å². The van der Waals surface area contributed by atoms with Gasteiger partial charge in [0.25, 0.3) is 5.91 Å². The molecule has 0 saturated heterocycles. The van der Waals surface area contributed by atoms with Crippen LogP contribution in [-0.4, -0.2) is 23.9 Å². The Labute approximate surface area is 136 Å². The maximum Gasteiger partial charge on any atom is 0.259 e. The molecule has 0 aliphatic heterocycles. The Morgan fingerprint density at radius 3 is 2.27 bits per heavy atom. The zero-order chi connectivity index (χ0) is 16.2. The molecular weight excluding hydrogens is 272 g/mol. The Morgan fingerprint density at radius 1 is 1.00 bits per heavy atom. The summed E-state index contributed by atoms with van der Waals surface area (Å²) in [6.07, 6.45) is 13.3. The number of unbranched alkanes of at least 4 members (excludes halogenated alkanes) is 6. The second-order valence-electron chi connectivity index (χ2n) is 5.93. The Balaban J connectivity index is 2.39. The van der Waals surface area contributed by atoms with Crippen molar-refractivity contribution < 1.29 is 9.36 Å². The molecule has 1 rings (SSSR count). The summed E-state index contributed by atoms with van der Waals surface area (Å²) < 4.78 is 2.16. The lowest BCUT2D eigenvalue weighted by molar-refractivity contribution is -0.697. The van der Waals surface area contributed by atoms with Crippen molar-refractivity contribution in [3.8, 4) is 0 Å². The highest BCUT2D eigenvalue weighted by Gasteiger charge is 2.15. The summed E-state index contributed by atoms with van der Waals surface area (Å²) in [5.41, 5.74) is 0.800. The third-order valence-corrected chi connectivity index (χ3v) is 4.18. The van der Waals surface area contributed by atoms with Crippen molar-refractivity contribution in [3.63, 3.8) is 0 Å². The molecule has 0 aliphatic rings. The van der Waals surface area contributed by atoms with Crippen LogP contribution in [-0.2, 0) is 6.54 Å². The van der Waals surface area contributed by atoms with Crippen molar-refractivity contribution >= 4 is 5.91 Å². The van der Waals surface area contributed by atoms with Gasteiger partial charge in [-0.3, -0.25) is 4.79 Å². The summed E-state index contributed by atoms with van der Waals surface area (Å²) in [4.78, 5) is 14.2. The van der Waals surface area contributed by atoms with Crippen LogP contribution >= 0.6 is 0 Å². The highest BCUT2D eigenvalue weighted by atomic mass is 16.2. The van der Waals surface area contributed by atoms with Gasteiger partial charge in [0.1, 0.15) is 12.1 Å². The van der Waals surface area contributed by atoms with Crippen LogP contribution in [0.2, 0.25) is 0 Å². The minimum absolute atomic E-state index is 0.138. The van der Waals surface area contributed by atoms with Crippen molar-refractivity contribution in [2.45, 2.75) is 72.3 Å². The van der Waals surface area contributed by atoms with E-state index >= 15 is 0 Å². The van der Waals surface area contributed by atoms with Crippen molar-refractivity contribution in [1.82, 2.24) is 4.90 Å². The molecule has 0 atom stereocenters. The molecule has 1 aromatic rings. The van der Waals surface area contributed by atoms with Crippen molar-refractivity contribution in [3.05, 3.63) is 30.1 Å². The van der Waals surface area contributed by atoms with E-state index < -0.39 is 0 Å². The molecular formula is C19H33N2O+. The SMILES string of the molecule is CCCCCCCCC[n+]1cccc(C(=O)N(CC)CC)c1. The van der Waals surface area contributed by atoms with Crippen LogP contribution in [0, 0.1) is 0 Å². The molecule has 0 unspecified atom stereocenters. The lowest BCUT2D eigenvalue weighted by Gasteiger charge is -2.17. The van der Waals surface area contributed by atoms with Gasteiger partial charge in [-0.05, 0) is 26.3 Å². The molecule has 0 aliphatic carbocycles. The summed E-state index contributed by atoms with van der Waals surface area (Å²) in [5, 5.41) is 0. The van der Waals surface area contributed by atoms with Gasteiger partial charge >= 0.3 is 0 Å². The first kappa shape index (κ1) is 18.7. The maximum atomic E-state index is 12.3. The van der Waals surface area contributed by atoms with E-state index in [0.29, 0.717) is 0 Å². The molecule has 0 N–H and O–H groups in total. The third kappa shape index (κ3) is 6.59. The molecule has 1 heterocycles. The van der Waals surface area contributed by atoms with E-state index in [1.165, 1.54) is 44.9 Å². The molecule has 0 radical (unpaired) electrons. The van der Waals surface area contributed by atoms with E-state index in [0.717, 1.165) is 25.2 Å². The maximum absolute atomic E-state index is 12.3. The number of rotatable bonds is 11. The fourth-order valence-corrected chi connectivity index (χ4v) is 2.73. The molecule has 0 saturated carbocycles. The second kappa shape index (κ2) is 11.2. The minimum atomic E-state index is 0.138. The Hall–Kier alpha value is -1.38. The van der Waals surface area contributed by atoms with Gasteiger partial charge in [-0.15, -0.1) is 0 Å². The molecule has 1 aromatic heterocycles. The van der Waals surface area contributed by atoms with Crippen molar-refractivity contribution in [2.75, 3.05) is 13.1 Å². The van der Waals surface area contributed by atoms with E-state index in [1.807, 2.05) is 37.1 Å². The topological polar surface area (TPSA) is 24.2 Å². The van der Waals surface area contributed by atoms with Gasteiger partial charge in [0.15, 0.2) is 12.4 Å². The number of hydrogen-bond donors (Lipinski definition) is 0. The van der Waals surface area contributed by atoms with Crippen molar-refractivity contribution in [2.24, 2.45) is 0 Å². The molecule has 0 spiro atoms. The van der Waals surface area contributed by atoms with Crippen LogP contribution in [0.25, 0.3) is 0 Å². The largest absolute Gasteiger partial charge is 0.339 e. The molecule has 3 nitrogen and oxygen atoms in total.